The summed E-state index contributed by atoms with van der Waals surface area (Å²) in [6.07, 6.45) is 5.78. The minimum Gasteiger partial charge on any atom is -0.337 e. The van der Waals surface area contributed by atoms with E-state index in [-0.39, 0.29) is 11.2 Å². The number of aryl methyl sites for hydroxylation is 1. The maximum atomic E-state index is 13.0. The summed E-state index contributed by atoms with van der Waals surface area (Å²) in [7, 11) is 1.95. The van der Waals surface area contributed by atoms with Crippen LogP contribution in [0.2, 0.25) is 10.0 Å². The van der Waals surface area contributed by atoms with Gasteiger partial charge < -0.3 is 9.47 Å². The Morgan fingerprint density at radius 2 is 2.21 bits per heavy atom. The van der Waals surface area contributed by atoms with Crippen LogP contribution in [0, 0.1) is 0 Å². The molecule has 1 amide bonds. The minimum atomic E-state index is -0.234. The van der Waals surface area contributed by atoms with Crippen LogP contribution in [0.4, 0.5) is 0 Å². The lowest BCUT2D eigenvalue weighted by atomic mass is 10.3. The van der Waals surface area contributed by atoms with Gasteiger partial charge in [-0.05, 0) is 38.0 Å². The van der Waals surface area contributed by atoms with Crippen molar-refractivity contribution < 1.29 is 4.79 Å². The Morgan fingerprint density at radius 3 is 2.83 bits per heavy atom. The first-order valence-electron chi connectivity index (χ1n) is 7.84. The first-order chi connectivity index (χ1) is 11.5. The number of rotatable bonds is 6. The summed E-state index contributed by atoms with van der Waals surface area (Å²) in [6.45, 7) is 2.46. The maximum Gasteiger partial charge on any atom is 0.236 e. The molecule has 2 aromatic rings. The minimum absolute atomic E-state index is 0.113. The molecule has 0 spiro atoms. The van der Waals surface area contributed by atoms with Crippen molar-refractivity contribution in [3.05, 3.63) is 46.5 Å². The third-order valence-electron chi connectivity index (χ3n) is 4.05. The summed E-state index contributed by atoms with van der Waals surface area (Å²) >= 11 is 13.7. The first-order valence-corrected chi connectivity index (χ1v) is 9.47. The summed E-state index contributed by atoms with van der Waals surface area (Å²) < 4.78 is 1.95. The van der Waals surface area contributed by atoms with Gasteiger partial charge in [-0.1, -0.05) is 23.2 Å². The zero-order valence-corrected chi connectivity index (χ0v) is 15.9. The lowest BCUT2D eigenvalue weighted by molar-refractivity contribution is -0.131. The molecule has 0 saturated heterocycles. The molecule has 0 bridgehead atoms. The monoisotopic (exact) mass is 383 g/mol. The molecule has 7 heteroatoms. The normalized spacial score (nSPS) is 15.3. The van der Waals surface area contributed by atoms with E-state index < -0.39 is 0 Å². The molecule has 0 aliphatic heterocycles. The molecule has 1 aliphatic rings. The molecule has 1 aromatic carbocycles. The molecule has 24 heavy (non-hydrogen) atoms. The van der Waals surface area contributed by atoms with Crippen LogP contribution < -0.4 is 0 Å². The van der Waals surface area contributed by atoms with Gasteiger partial charge in [-0.25, -0.2) is 4.98 Å². The van der Waals surface area contributed by atoms with Gasteiger partial charge in [-0.15, -0.1) is 11.8 Å². The third-order valence-corrected chi connectivity index (χ3v) is 5.87. The fraction of sp³-hybridized carbons (Fsp3) is 0.412. The van der Waals surface area contributed by atoms with Gasteiger partial charge in [0.2, 0.25) is 5.91 Å². The molecular formula is C17H19Cl2N3OS. The second-order valence-electron chi connectivity index (χ2n) is 5.99. The molecular weight excluding hydrogens is 365 g/mol. The topological polar surface area (TPSA) is 38.1 Å². The van der Waals surface area contributed by atoms with E-state index in [1.54, 1.807) is 24.4 Å². The van der Waals surface area contributed by atoms with Gasteiger partial charge in [0.1, 0.15) is 5.82 Å². The smallest absolute Gasteiger partial charge is 0.236 e. The van der Waals surface area contributed by atoms with E-state index in [9.17, 15) is 4.79 Å². The van der Waals surface area contributed by atoms with Crippen LogP contribution in [0.25, 0.3) is 0 Å². The summed E-state index contributed by atoms with van der Waals surface area (Å²) in [5, 5.41) is 1.00. The van der Waals surface area contributed by atoms with E-state index in [4.69, 9.17) is 23.2 Å². The largest absolute Gasteiger partial charge is 0.337 e. The summed E-state index contributed by atoms with van der Waals surface area (Å²) in [5.41, 5.74) is 0. The molecule has 3 rings (SSSR count). The zero-order chi connectivity index (χ0) is 17.3. The number of carbonyl (C=O) groups excluding carboxylic acids is 1. The van der Waals surface area contributed by atoms with E-state index in [0.29, 0.717) is 22.6 Å². The highest BCUT2D eigenvalue weighted by Gasteiger charge is 2.35. The number of amides is 1. The number of hydrogen-bond acceptors (Lipinski definition) is 3. The molecule has 1 aliphatic carbocycles. The molecule has 1 fully saturated rings. The Hall–Kier alpha value is -1.17. The number of halogens is 2. The van der Waals surface area contributed by atoms with Gasteiger partial charge in [-0.2, -0.15) is 0 Å². The molecule has 1 saturated carbocycles. The van der Waals surface area contributed by atoms with Crippen LogP contribution >= 0.6 is 35.0 Å². The molecule has 1 atom stereocenters. The number of imidazole rings is 1. The highest BCUT2D eigenvalue weighted by atomic mass is 35.5. The van der Waals surface area contributed by atoms with Gasteiger partial charge in [-0.3, -0.25) is 4.79 Å². The molecule has 0 unspecified atom stereocenters. The Labute approximate surface area is 156 Å². The number of benzene rings is 1. The summed E-state index contributed by atoms with van der Waals surface area (Å²) in [4.78, 5) is 20.1. The number of thioether (sulfide) groups is 1. The number of nitrogens with zero attached hydrogens (tertiary/aromatic N) is 3. The number of hydrogen-bond donors (Lipinski definition) is 0. The van der Waals surface area contributed by atoms with Crippen LogP contribution in [0.3, 0.4) is 0 Å². The van der Waals surface area contributed by atoms with Crippen molar-refractivity contribution in [2.75, 3.05) is 0 Å². The average Bonchev–Trinajstić information content (AvgIpc) is 3.31. The third kappa shape index (κ3) is 4.08. The highest BCUT2D eigenvalue weighted by Crippen LogP contribution is 2.35. The van der Waals surface area contributed by atoms with E-state index in [2.05, 4.69) is 4.98 Å². The lowest BCUT2D eigenvalue weighted by Gasteiger charge is -2.25. The quantitative estimate of drug-likeness (QED) is 0.693. The Bertz CT molecular complexity index is 745. The summed E-state index contributed by atoms with van der Waals surface area (Å²) in [6, 6.07) is 5.64. The van der Waals surface area contributed by atoms with Crippen LogP contribution in [0.1, 0.15) is 25.6 Å². The standard InChI is InChI=1S/C17H19Cl2N3OS/c1-11(24-15-9-12(18)3-6-14(15)19)17(23)22(13-4-5-13)10-16-20-7-8-21(16)2/h3,6-9,11,13H,4-5,10H2,1-2H3/t11-/m1/s1. The molecule has 0 N–H and O–H groups in total. The van der Waals surface area contributed by atoms with Gasteiger partial charge >= 0.3 is 0 Å². The fourth-order valence-corrected chi connectivity index (χ4v) is 4.00. The predicted octanol–water partition coefficient (Wildman–Crippen LogP) is 4.40. The van der Waals surface area contributed by atoms with E-state index in [1.807, 2.05) is 29.6 Å². The van der Waals surface area contributed by atoms with Crippen LogP contribution in [0.5, 0.6) is 0 Å². The van der Waals surface area contributed by atoms with Gasteiger partial charge in [0.25, 0.3) is 0 Å². The number of aromatic nitrogens is 2. The van der Waals surface area contributed by atoms with Gasteiger partial charge in [0, 0.05) is 35.4 Å². The average molecular weight is 384 g/mol. The van der Waals surface area contributed by atoms with Crippen molar-refractivity contribution in [3.8, 4) is 0 Å². The highest BCUT2D eigenvalue weighted by molar-refractivity contribution is 8.00. The van der Waals surface area contributed by atoms with Crippen molar-refractivity contribution in [2.24, 2.45) is 7.05 Å². The van der Waals surface area contributed by atoms with Crippen molar-refractivity contribution in [1.29, 1.82) is 0 Å². The lowest BCUT2D eigenvalue weighted by Crippen LogP contribution is -2.38. The fourth-order valence-electron chi connectivity index (χ4n) is 2.52. The summed E-state index contributed by atoms with van der Waals surface area (Å²) in [5.74, 6) is 1.01. The molecule has 128 valence electrons. The van der Waals surface area contributed by atoms with E-state index >= 15 is 0 Å². The van der Waals surface area contributed by atoms with Crippen LogP contribution in [-0.4, -0.2) is 31.6 Å². The zero-order valence-electron chi connectivity index (χ0n) is 13.6. The second kappa shape index (κ2) is 7.38. The molecule has 1 heterocycles. The van der Waals surface area contributed by atoms with Crippen LogP contribution in [-0.2, 0) is 18.4 Å². The van der Waals surface area contributed by atoms with Crippen molar-refractivity contribution in [3.63, 3.8) is 0 Å². The van der Waals surface area contributed by atoms with Crippen molar-refractivity contribution >= 4 is 40.9 Å². The van der Waals surface area contributed by atoms with Gasteiger partial charge in [0.15, 0.2) is 0 Å². The predicted molar refractivity (Wildman–Crippen MR) is 98.6 cm³/mol. The van der Waals surface area contributed by atoms with E-state index in [1.165, 1.54) is 11.8 Å². The SMILES string of the molecule is C[C@@H](Sc1cc(Cl)ccc1Cl)C(=O)N(Cc1nccn1C)C1CC1. The maximum absolute atomic E-state index is 13.0. The Balaban J connectivity index is 1.72. The van der Waals surface area contributed by atoms with Crippen molar-refractivity contribution in [1.82, 2.24) is 14.5 Å². The Kier molecular flexibility index (Phi) is 5.42. The molecule has 1 aromatic heterocycles. The molecule has 4 nitrogen and oxygen atoms in total. The second-order valence-corrected chi connectivity index (χ2v) is 8.21. The molecule has 0 radical (unpaired) electrons. The van der Waals surface area contributed by atoms with Crippen molar-refractivity contribution in [2.45, 2.75) is 42.5 Å². The van der Waals surface area contributed by atoms with Gasteiger partial charge in [0.05, 0.1) is 16.8 Å². The van der Waals surface area contributed by atoms with E-state index in [0.717, 1.165) is 23.6 Å². The Morgan fingerprint density at radius 1 is 1.46 bits per heavy atom. The number of carbonyl (C=O) groups is 1. The first kappa shape index (κ1) is 17.6. The van der Waals surface area contributed by atoms with Crippen LogP contribution in [0.15, 0.2) is 35.5 Å².